The number of benzene rings is 4. The van der Waals surface area contributed by atoms with Crippen molar-refractivity contribution in [2.75, 3.05) is 46.3 Å². The van der Waals surface area contributed by atoms with E-state index in [9.17, 15) is 28.8 Å². The average Bonchev–Trinajstić information content (AvgIpc) is 3.50. The van der Waals surface area contributed by atoms with E-state index in [1.165, 1.54) is 0 Å². The van der Waals surface area contributed by atoms with Crippen LogP contribution < -0.4 is 27.4 Å². The van der Waals surface area contributed by atoms with E-state index < -0.39 is 18.1 Å². The van der Waals surface area contributed by atoms with Crippen LogP contribution in [0.5, 0.6) is 0 Å². The third kappa shape index (κ3) is 16.7. The number of likely N-dealkylation sites (tertiary alicyclic amines) is 2. The summed E-state index contributed by atoms with van der Waals surface area (Å²) in [6, 6.07) is 32.6. The standard InChI is InChI=1S/C65H88IN9O6/c1-44(66)60(76)70-58(50-20-12-6-13-21-50)64(80)74-38-34-54(67)40-56(74)42-72(36-32-46-16-8-4-9-17-46)62(78)52-28-24-48(25-29-52)49-26-30-53(31-27-49)63(79)73(37-33-47-18-10-5-11-19-47)43-57-41-55(68)35-39-75(57)65(81)59(51-22-14-7-15-23-51)71-61(77)45(2)69-3/h4-5,8-11,16-19,24-31,44-45,50-51,54-59,69H,6-7,12-15,20-23,32-43,67-68H2,1-3H3,(H,70,76)(H,71,77)/t44-,45-,54+,55+,56-,57-,58-,59-/m0/s1. The zero-order valence-electron chi connectivity index (χ0n) is 48.0. The van der Waals surface area contributed by atoms with Gasteiger partial charge in [-0.2, -0.15) is 0 Å². The van der Waals surface area contributed by atoms with Gasteiger partial charge < -0.3 is 47.0 Å². The molecular weight excluding hydrogens is 1130 g/mol. The van der Waals surface area contributed by atoms with Gasteiger partial charge in [-0.25, -0.2) is 0 Å². The molecule has 8 rings (SSSR count). The highest BCUT2D eigenvalue weighted by Gasteiger charge is 2.42. The lowest BCUT2D eigenvalue weighted by Gasteiger charge is -2.43. The monoisotopic (exact) mass is 1220 g/mol. The fourth-order valence-electron chi connectivity index (χ4n) is 12.7. The number of nitrogens with zero attached hydrogens (tertiary/aromatic N) is 4. The molecule has 2 aliphatic heterocycles. The van der Waals surface area contributed by atoms with Gasteiger partial charge in [-0.1, -0.05) is 146 Å². The molecule has 16 heteroatoms. The number of nitrogens with one attached hydrogen (secondary N) is 3. The SMILES string of the molecule is CN[C@@H](C)C(=O)N[C@H](C(=O)N1CC[C@@H](N)C[C@H]1CN(CCc1ccccc1)C(=O)c1ccc(-c2ccc(C(=O)N(CCc3ccccc3)C[C@@H]3C[C@H](N)CCN3C(=O)[C@@H](NC(=O)[C@H](C)I)C3CCCCC3)cc2)cc1)C1CCCCC1. The highest BCUT2D eigenvalue weighted by Crippen LogP contribution is 2.32. The Morgan fingerprint density at radius 2 is 0.926 bits per heavy atom. The first-order chi connectivity index (χ1) is 39.2. The van der Waals surface area contributed by atoms with Crippen molar-refractivity contribution in [1.29, 1.82) is 0 Å². The van der Waals surface area contributed by atoms with Crippen LogP contribution in [0, 0.1) is 11.8 Å². The number of halogens is 1. The molecule has 15 nitrogen and oxygen atoms in total. The Bertz CT molecular complexity index is 2680. The minimum atomic E-state index is -0.656. The third-order valence-electron chi connectivity index (χ3n) is 17.7. The Balaban J connectivity index is 1.00. The largest absolute Gasteiger partial charge is 0.343 e. The number of amides is 6. The summed E-state index contributed by atoms with van der Waals surface area (Å²) in [6.45, 7) is 6.01. The molecular formula is C65H88IN9O6. The Morgan fingerprint density at radius 1 is 0.543 bits per heavy atom. The first-order valence-electron chi connectivity index (χ1n) is 30.1. The van der Waals surface area contributed by atoms with Gasteiger partial charge in [0.05, 0.1) is 22.1 Å². The molecule has 436 valence electrons. The predicted molar refractivity (Wildman–Crippen MR) is 328 cm³/mol. The lowest BCUT2D eigenvalue weighted by atomic mass is 9.82. The quantitative estimate of drug-likeness (QED) is 0.0383. The molecule has 6 amide bonds. The van der Waals surface area contributed by atoms with Crippen molar-refractivity contribution in [2.24, 2.45) is 23.3 Å². The summed E-state index contributed by atoms with van der Waals surface area (Å²) in [6.07, 6.45) is 13.5. The van der Waals surface area contributed by atoms with Crippen molar-refractivity contribution >= 4 is 58.0 Å². The fourth-order valence-corrected chi connectivity index (χ4v) is 12.9. The normalized spacial score (nSPS) is 21.5. The van der Waals surface area contributed by atoms with E-state index >= 15 is 0 Å². The zero-order chi connectivity index (χ0) is 57.4. The molecule has 2 saturated heterocycles. The fraction of sp³-hybridized carbons (Fsp3) is 0.538. The molecule has 0 aromatic heterocycles. The number of carbonyl (C=O) groups is 6. The van der Waals surface area contributed by atoms with E-state index in [2.05, 4.69) is 62.8 Å². The lowest BCUT2D eigenvalue weighted by molar-refractivity contribution is -0.142. The molecule has 2 aliphatic carbocycles. The van der Waals surface area contributed by atoms with E-state index in [4.69, 9.17) is 11.5 Å². The summed E-state index contributed by atoms with van der Waals surface area (Å²) in [5.41, 5.74) is 18.3. The summed E-state index contributed by atoms with van der Waals surface area (Å²) >= 11 is 2.10. The second kappa shape index (κ2) is 30.0. The zero-order valence-corrected chi connectivity index (χ0v) is 50.2. The van der Waals surface area contributed by atoms with E-state index in [1.807, 2.05) is 111 Å². The van der Waals surface area contributed by atoms with Gasteiger partial charge in [-0.3, -0.25) is 28.8 Å². The molecule has 8 atom stereocenters. The van der Waals surface area contributed by atoms with Crippen LogP contribution in [0.15, 0.2) is 109 Å². The van der Waals surface area contributed by atoms with Crippen molar-refractivity contribution in [3.8, 4) is 11.1 Å². The maximum atomic E-state index is 14.8. The number of likely N-dealkylation sites (N-methyl/N-ethyl adjacent to an activating group) is 1. The molecule has 4 aliphatic rings. The third-order valence-corrected chi connectivity index (χ3v) is 18.3. The maximum absolute atomic E-state index is 14.8. The molecule has 0 spiro atoms. The topological polar surface area (TPSA) is 204 Å². The molecule has 4 fully saturated rings. The number of hydrogen-bond acceptors (Lipinski definition) is 9. The summed E-state index contributed by atoms with van der Waals surface area (Å²) in [4.78, 5) is 93.4. The number of carbonyl (C=O) groups excluding carboxylic acids is 6. The Kier molecular flexibility index (Phi) is 22.8. The molecule has 2 heterocycles. The molecule has 4 aromatic carbocycles. The van der Waals surface area contributed by atoms with Crippen LogP contribution in [0.1, 0.15) is 136 Å². The van der Waals surface area contributed by atoms with Crippen molar-refractivity contribution in [2.45, 2.75) is 163 Å². The number of piperidine rings is 2. The maximum Gasteiger partial charge on any atom is 0.253 e. The highest BCUT2D eigenvalue weighted by atomic mass is 127. The van der Waals surface area contributed by atoms with Crippen molar-refractivity contribution in [1.82, 2.24) is 35.6 Å². The van der Waals surface area contributed by atoms with Crippen LogP contribution in [0.2, 0.25) is 0 Å². The lowest BCUT2D eigenvalue weighted by Crippen LogP contribution is -2.61. The highest BCUT2D eigenvalue weighted by molar-refractivity contribution is 14.1. The van der Waals surface area contributed by atoms with Crippen LogP contribution >= 0.6 is 22.6 Å². The number of nitrogens with two attached hydrogens (primary N) is 2. The number of alkyl halides is 1. The van der Waals surface area contributed by atoms with E-state index in [-0.39, 0.29) is 75.4 Å². The first-order valence-corrected chi connectivity index (χ1v) is 31.3. The number of hydrogen-bond donors (Lipinski definition) is 5. The molecule has 0 bridgehead atoms. The second-order valence-corrected chi connectivity index (χ2v) is 25.3. The van der Waals surface area contributed by atoms with Crippen LogP contribution in [0.4, 0.5) is 0 Å². The molecule has 81 heavy (non-hydrogen) atoms. The van der Waals surface area contributed by atoms with Gasteiger partial charge in [0.15, 0.2) is 0 Å². The van der Waals surface area contributed by atoms with Crippen LogP contribution in [0.25, 0.3) is 11.1 Å². The van der Waals surface area contributed by atoms with Gasteiger partial charge in [0.2, 0.25) is 23.6 Å². The molecule has 0 unspecified atom stereocenters. The van der Waals surface area contributed by atoms with Gasteiger partial charge in [-0.05, 0) is 143 Å². The molecule has 7 N–H and O–H groups in total. The van der Waals surface area contributed by atoms with Crippen molar-refractivity contribution in [3.63, 3.8) is 0 Å². The minimum absolute atomic E-state index is 0.0356. The Hall–Kier alpha value is -5.69. The molecule has 2 saturated carbocycles. The van der Waals surface area contributed by atoms with Gasteiger partial charge in [-0.15, -0.1) is 0 Å². The van der Waals surface area contributed by atoms with E-state index in [0.717, 1.165) is 86.5 Å². The van der Waals surface area contributed by atoms with Gasteiger partial charge in [0.25, 0.3) is 11.8 Å². The van der Waals surface area contributed by atoms with E-state index in [1.54, 1.807) is 14.0 Å². The average molecular weight is 1220 g/mol. The summed E-state index contributed by atoms with van der Waals surface area (Å²) in [5, 5.41) is 9.32. The minimum Gasteiger partial charge on any atom is -0.343 e. The summed E-state index contributed by atoms with van der Waals surface area (Å²) in [5.74, 6) is -0.713. The Labute approximate surface area is 494 Å². The first kappa shape index (κ1) is 61.4. The molecule has 0 radical (unpaired) electrons. The second-order valence-electron chi connectivity index (χ2n) is 23.5. The smallest absolute Gasteiger partial charge is 0.253 e. The Morgan fingerprint density at radius 3 is 1.30 bits per heavy atom. The summed E-state index contributed by atoms with van der Waals surface area (Å²) < 4.78 is -0.287. The van der Waals surface area contributed by atoms with Gasteiger partial charge in [0.1, 0.15) is 12.1 Å². The van der Waals surface area contributed by atoms with E-state index in [0.29, 0.717) is 88.9 Å². The molecule has 4 aromatic rings. The van der Waals surface area contributed by atoms with Crippen LogP contribution in [-0.2, 0) is 32.0 Å². The van der Waals surface area contributed by atoms with Crippen LogP contribution in [0.3, 0.4) is 0 Å². The number of rotatable bonds is 22. The van der Waals surface area contributed by atoms with Gasteiger partial charge >= 0.3 is 0 Å². The summed E-state index contributed by atoms with van der Waals surface area (Å²) in [7, 11) is 1.74. The van der Waals surface area contributed by atoms with Gasteiger partial charge in [0, 0.05) is 62.5 Å². The van der Waals surface area contributed by atoms with Crippen molar-refractivity contribution < 1.29 is 28.8 Å². The van der Waals surface area contributed by atoms with Crippen LogP contribution in [-0.4, -0.2) is 148 Å². The van der Waals surface area contributed by atoms with Crippen molar-refractivity contribution in [3.05, 3.63) is 131 Å². The predicted octanol–water partition coefficient (Wildman–Crippen LogP) is 7.92.